The molecule has 0 aromatic heterocycles. The predicted octanol–water partition coefficient (Wildman–Crippen LogP) is 1.70. The van der Waals surface area contributed by atoms with Crippen LogP contribution in [0, 0.1) is 4.91 Å². The fourth-order valence-corrected chi connectivity index (χ4v) is 2.03. The van der Waals surface area contributed by atoms with Gasteiger partial charge < -0.3 is 4.90 Å². The maximum absolute atomic E-state index is 11.7. The first-order chi connectivity index (χ1) is 5.95. The van der Waals surface area contributed by atoms with Gasteiger partial charge in [-0.2, -0.15) is 0 Å². The van der Waals surface area contributed by atoms with Crippen molar-refractivity contribution in [1.82, 2.24) is 4.90 Å². The minimum atomic E-state index is -0.464. The van der Waals surface area contributed by atoms with E-state index in [2.05, 4.69) is 5.18 Å². The highest BCUT2D eigenvalue weighted by atomic mass is 32.2. The van der Waals surface area contributed by atoms with Gasteiger partial charge in [0.2, 0.25) is 5.91 Å². The Morgan fingerprint density at radius 3 is 2.46 bits per heavy atom. The first kappa shape index (κ1) is 12.4. The lowest BCUT2D eigenvalue weighted by Gasteiger charge is -2.26. The summed E-state index contributed by atoms with van der Waals surface area (Å²) >= 11 is 1.56. The van der Waals surface area contributed by atoms with Gasteiger partial charge in [0.1, 0.15) is 0 Å². The van der Waals surface area contributed by atoms with Crippen molar-refractivity contribution in [3.8, 4) is 0 Å². The molecule has 0 aromatic rings. The summed E-state index contributed by atoms with van der Waals surface area (Å²) in [6.45, 7) is 5.62. The van der Waals surface area contributed by atoms with E-state index in [1.54, 1.807) is 18.8 Å². The van der Waals surface area contributed by atoms with Gasteiger partial charge in [0, 0.05) is 7.05 Å². The molecule has 0 aliphatic rings. The normalized spacial score (nSPS) is 11.1. The zero-order chi connectivity index (χ0) is 10.5. The first-order valence-corrected chi connectivity index (χ1v) is 5.13. The van der Waals surface area contributed by atoms with Crippen LogP contribution in [0.1, 0.15) is 20.8 Å². The molecule has 76 valence electrons. The highest BCUT2D eigenvalue weighted by Crippen LogP contribution is 2.25. The Labute approximate surface area is 83.0 Å². The van der Waals surface area contributed by atoms with Crippen molar-refractivity contribution in [2.45, 2.75) is 25.5 Å². The highest BCUT2D eigenvalue weighted by molar-refractivity contribution is 8.01. The van der Waals surface area contributed by atoms with Crippen LogP contribution >= 0.6 is 11.8 Å². The second kappa shape index (κ2) is 5.21. The molecule has 0 rings (SSSR count). The van der Waals surface area contributed by atoms with Gasteiger partial charge in [-0.15, -0.1) is 16.7 Å². The summed E-state index contributed by atoms with van der Waals surface area (Å²) in [6, 6.07) is 0. The summed E-state index contributed by atoms with van der Waals surface area (Å²) in [5.74, 6) is 0.820. The van der Waals surface area contributed by atoms with Crippen molar-refractivity contribution >= 4 is 17.7 Å². The third-order valence-electron chi connectivity index (χ3n) is 1.64. The summed E-state index contributed by atoms with van der Waals surface area (Å²) in [4.78, 5) is 22.9. The molecule has 0 saturated heterocycles. The quantitative estimate of drug-likeness (QED) is 0.640. The van der Waals surface area contributed by atoms with Gasteiger partial charge >= 0.3 is 0 Å². The summed E-state index contributed by atoms with van der Waals surface area (Å²) in [6.07, 6.45) is 0. The summed E-state index contributed by atoms with van der Waals surface area (Å²) in [7, 11) is 1.59. The van der Waals surface area contributed by atoms with E-state index >= 15 is 0 Å². The molecule has 0 saturated carbocycles. The third-order valence-corrected chi connectivity index (χ3v) is 2.82. The van der Waals surface area contributed by atoms with Crippen LogP contribution in [0.15, 0.2) is 5.18 Å². The third kappa shape index (κ3) is 3.76. The van der Waals surface area contributed by atoms with Crippen molar-refractivity contribution in [2.75, 3.05) is 19.5 Å². The maximum Gasteiger partial charge on any atom is 0.239 e. The lowest BCUT2D eigenvalue weighted by molar-refractivity contribution is -0.131. The summed E-state index contributed by atoms with van der Waals surface area (Å²) in [5, 5.41) is 2.68. The van der Waals surface area contributed by atoms with Crippen molar-refractivity contribution in [3.63, 3.8) is 0 Å². The number of thioether (sulfide) groups is 1. The molecule has 0 spiro atoms. The number of amides is 1. The Bertz CT molecular complexity index is 195. The molecule has 0 atom stereocenters. The summed E-state index contributed by atoms with van der Waals surface area (Å²) < 4.78 is -0.464. The molecule has 0 aliphatic heterocycles. The number of hydrogen-bond acceptors (Lipinski definition) is 4. The van der Waals surface area contributed by atoms with Crippen LogP contribution in [0.4, 0.5) is 0 Å². The standard InChI is InChI=1S/C8H16N2O2S/c1-5-13-8(2,3)7(11)10(4)6-9-12/h5-6H2,1-4H3. The Balaban J connectivity index is 4.29. The van der Waals surface area contributed by atoms with E-state index in [0.717, 1.165) is 5.75 Å². The van der Waals surface area contributed by atoms with Gasteiger partial charge in [-0.05, 0) is 24.8 Å². The van der Waals surface area contributed by atoms with Crippen molar-refractivity contribution in [1.29, 1.82) is 0 Å². The number of rotatable bonds is 5. The van der Waals surface area contributed by atoms with E-state index in [9.17, 15) is 9.70 Å². The van der Waals surface area contributed by atoms with Gasteiger partial charge in [-0.3, -0.25) is 4.79 Å². The van der Waals surface area contributed by atoms with Crippen LogP contribution in [0.3, 0.4) is 0 Å². The van der Waals surface area contributed by atoms with Gasteiger partial charge in [0.25, 0.3) is 0 Å². The molecule has 0 N–H and O–H groups in total. The maximum atomic E-state index is 11.7. The molecule has 0 aliphatic carbocycles. The van der Waals surface area contributed by atoms with E-state index in [4.69, 9.17) is 0 Å². The van der Waals surface area contributed by atoms with Crippen molar-refractivity contribution in [2.24, 2.45) is 5.18 Å². The van der Waals surface area contributed by atoms with E-state index in [0.29, 0.717) is 0 Å². The molecular formula is C8H16N2O2S. The Kier molecular flexibility index (Phi) is 4.98. The SMILES string of the molecule is CCSC(C)(C)C(=O)N(C)CN=O. The molecule has 13 heavy (non-hydrogen) atoms. The van der Waals surface area contributed by atoms with Gasteiger partial charge in [0.05, 0.1) is 4.75 Å². The van der Waals surface area contributed by atoms with E-state index in [1.807, 2.05) is 20.8 Å². The molecule has 0 bridgehead atoms. The van der Waals surface area contributed by atoms with Crippen LogP contribution in [0.2, 0.25) is 0 Å². The number of nitroso groups, excluding NO2 is 1. The molecule has 1 amide bonds. The molecule has 0 heterocycles. The number of hydrogen-bond donors (Lipinski definition) is 0. The zero-order valence-electron chi connectivity index (χ0n) is 8.53. The molecule has 0 unspecified atom stereocenters. The van der Waals surface area contributed by atoms with Crippen LogP contribution < -0.4 is 0 Å². The molecular weight excluding hydrogens is 188 g/mol. The first-order valence-electron chi connectivity index (χ1n) is 4.14. The smallest absolute Gasteiger partial charge is 0.239 e. The van der Waals surface area contributed by atoms with Crippen molar-refractivity contribution in [3.05, 3.63) is 4.91 Å². The highest BCUT2D eigenvalue weighted by Gasteiger charge is 2.30. The Morgan fingerprint density at radius 1 is 1.54 bits per heavy atom. The van der Waals surface area contributed by atoms with E-state index < -0.39 is 4.75 Å². The van der Waals surface area contributed by atoms with Crippen LogP contribution in [-0.2, 0) is 4.79 Å². The van der Waals surface area contributed by atoms with Gasteiger partial charge in [0.15, 0.2) is 6.67 Å². The van der Waals surface area contributed by atoms with Crippen LogP contribution in [0.5, 0.6) is 0 Å². The second-order valence-corrected chi connectivity index (χ2v) is 5.10. The largest absolute Gasteiger partial charge is 0.322 e. The second-order valence-electron chi connectivity index (χ2n) is 3.22. The van der Waals surface area contributed by atoms with E-state index in [1.165, 1.54) is 4.90 Å². The fraction of sp³-hybridized carbons (Fsp3) is 0.875. The fourth-order valence-electron chi connectivity index (χ4n) is 1.03. The molecule has 5 heteroatoms. The summed E-state index contributed by atoms with van der Waals surface area (Å²) in [5.41, 5.74) is 0. The zero-order valence-corrected chi connectivity index (χ0v) is 9.35. The average molecular weight is 204 g/mol. The van der Waals surface area contributed by atoms with Crippen LogP contribution in [0.25, 0.3) is 0 Å². The molecule has 0 radical (unpaired) electrons. The minimum absolute atomic E-state index is 0.0565. The van der Waals surface area contributed by atoms with Gasteiger partial charge in [-0.25, -0.2) is 0 Å². The molecule has 0 aromatic carbocycles. The molecule has 4 nitrogen and oxygen atoms in total. The molecule has 0 fully saturated rings. The van der Waals surface area contributed by atoms with E-state index in [-0.39, 0.29) is 12.6 Å². The Hall–Kier alpha value is -0.580. The predicted molar refractivity (Wildman–Crippen MR) is 55.6 cm³/mol. The number of carbonyl (C=O) groups excluding carboxylic acids is 1. The average Bonchev–Trinajstić information content (AvgIpc) is 2.03. The lowest BCUT2D eigenvalue weighted by Crippen LogP contribution is -2.41. The van der Waals surface area contributed by atoms with Gasteiger partial charge in [-0.1, -0.05) is 6.92 Å². The van der Waals surface area contributed by atoms with Crippen molar-refractivity contribution < 1.29 is 4.79 Å². The minimum Gasteiger partial charge on any atom is -0.322 e. The monoisotopic (exact) mass is 204 g/mol. The lowest BCUT2D eigenvalue weighted by atomic mass is 10.2. The number of carbonyl (C=O) groups is 1. The number of nitrogens with zero attached hydrogens (tertiary/aromatic N) is 2. The van der Waals surface area contributed by atoms with Crippen LogP contribution in [-0.4, -0.2) is 35.0 Å². The topological polar surface area (TPSA) is 49.7 Å². The Morgan fingerprint density at radius 2 is 2.08 bits per heavy atom.